The second kappa shape index (κ2) is 4.65. The van der Waals surface area contributed by atoms with E-state index in [0.29, 0.717) is 5.65 Å². The minimum Gasteiger partial charge on any atom is -0.368 e. The van der Waals surface area contributed by atoms with E-state index in [4.69, 9.17) is 0 Å². The smallest absolute Gasteiger partial charge is 0.200 e. The Morgan fingerprint density at radius 3 is 3.00 bits per heavy atom. The largest absolute Gasteiger partial charge is 0.368 e. The molecule has 2 aromatic rings. The first-order valence-electron chi connectivity index (χ1n) is 6.21. The molecule has 0 radical (unpaired) electrons. The van der Waals surface area contributed by atoms with Gasteiger partial charge in [0.1, 0.15) is 5.82 Å². The lowest BCUT2D eigenvalue weighted by Crippen LogP contribution is -2.18. The summed E-state index contributed by atoms with van der Waals surface area (Å²) in [6.45, 7) is 1.00. The van der Waals surface area contributed by atoms with E-state index in [0.717, 1.165) is 18.3 Å². The first kappa shape index (κ1) is 10.4. The Morgan fingerprint density at radius 2 is 2.12 bits per heavy atom. The van der Waals surface area contributed by atoms with Crippen LogP contribution < -0.4 is 5.32 Å². The van der Waals surface area contributed by atoms with Crippen LogP contribution >= 0.6 is 0 Å². The number of hydrogen-bond donors (Lipinski definition) is 1. The summed E-state index contributed by atoms with van der Waals surface area (Å²) >= 11 is 0. The second-order valence-corrected chi connectivity index (χ2v) is 4.63. The molecule has 1 N–H and O–H groups in total. The molecule has 0 aromatic carbocycles. The van der Waals surface area contributed by atoms with Gasteiger partial charge in [-0.15, -0.1) is 14.8 Å². The van der Waals surface area contributed by atoms with Gasteiger partial charge in [-0.1, -0.05) is 19.3 Å². The number of nitrogens with one attached hydrogen (secondary N) is 1. The Balaban J connectivity index is 1.63. The number of fused-ring (bicyclic) bond motifs is 1. The Morgan fingerprint density at radius 1 is 1.24 bits per heavy atom. The molecule has 6 nitrogen and oxygen atoms in total. The van der Waals surface area contributed by atoms with Crippen molar-refractivity contribution in [3.63, 3.8) is 0 Å². The summed E-state index contributed by atoms with van der Waals surface area (Å²) < 4.78 is 1.45. The highest BCUT2D eigenvalue weighted by Crippen LogP contribution is 2.23. The van der Waals surface area contributed by atoms with Gasteiger partial charge >= 0.3 is 0 Å². The Bertz CT molecular complexity index is 487. The van der Waals surface area contributed by atoms with Gasteiger partial charge in [0.15, 0.2) is 5.65 Å². The molecule has 0 unspecified atom stereocenters. The molecule has 1 aliphatic rings. The van der Waals surface area contributed by atoms with E-state index in [9.17, 15) is 0 Å². The van der Waals surface area contributed by atoms with Crippen LogP contribution in [0, 0.1) is 5.92 Å². The molecule has 3 rings (SSSR count). The third-order valence-corrected chi connectivity index (χ3v) is 3.37. The Hall–Kier alpha value is -1.72. The molecule has 0 amide bonds. The predicted molar refractivity (Wildman–Crippen MR) is 63.6 cm³/mol. The summed E-state index contributed by atoms with van der Waals surface area (Å²) in [4.78, 5) is 0. The quantitative estimate of drug-likeness (QED) is 0.868. The summed E-state index contributed by atoms with van der Waals surface area (Å²) in [7, 11) is 0. The zero-order valence-corrected chi connectivity index (χ0v) is 9.71. The first-order valence-corrected chi connectivity index (χ1v) is 6.21. The number of aromatic nitrogens is 5. The average molecular weight is 232 g/mol. The van der Waals surface area contributed by atoms with E-state index in [1.807, 2.05) is 12.1 Å². The zero-order chi connectivity index (χ0) is 11.5. The van der Waals surface area contributed by atoms with Gasteiger partial charge < -0.3 is 5.32 Å². The lowest BCUT2D eigenvalue weighted by atomic mass is 9.89. The summed E-state index contributed by atoms with van der Waals surface area (Å²) in [6, 6.07) is 3.80. The number of anilines is 1. The molecular weight excluding hydrogens is 216 g/mol. The number of hydrogen-bond acceptors (Lipinski definition) is 5. The molecule has 0 spiro atoms. The SMILES string of the molecule is c1cc2nnnn2nc1NCC1CCCCC1. The van der Waals surface area contributed by atoms with Gasteiger partial charge in [0.05, 0.1) is 0 Å². The highest BCUT2D eigenvalue weighted by Gasteiger charge is 2.13. The molecule has 0 aliphatic heterocycles. The lowest BCUT2D eigenvalue weighted by molar-refractivity contribution is 0.373. The van der Waals surface area contributed by atoms with Gasteiger partial charge in [0.25, 0.3) is 0 Å². The third-order valence-electron chi connectivity index (χ3n) is 3.37. The van der Waals surface area contributed by atoms with Gasteiger partial charge in [0.2, 0.25) is 0 Å². The van der Waals surface area contributed by atoms with E-state index in [1.54, 1.807) is 0 Å². The number of nitrogens with zero attached hydrogens (tertiary/aromatic N) is 5. The maximum Gasteiger partial charge on any atom is 0.200 e. The van der Waals surface area contributed by atoms with E-state index >= 15 is 0 Å². The molecule has 2 aromatic heterocycles. The van der Waals surface area contributed by atoms with E-state index in [2.05, 4.69) is 25.9 Å². The summed E-state index contributed by atoms with van der Waals surface area (Å²) in [5, 5.41) is 18.8. The minimum atomic E-state index is 0.674. The third kappa shape index (κ3) is 2.35. The normalized spacial score (nSPS) is 17.4. The van der Waals surface area contributed by atoms with Crippen molar-refractivity contribution in [1.82, 2.24) is 25.3 Å². The Labute approximate surface area is 99.4 Å². The van der Waals surface area contributed by atoms with Gasteiger partial charge in [-0.2, -0.15) is 0 Å². The lowest BCUT2D eigenvalue weighted by Gasteiger charge is -2.21. The minimum absolute atomic E-state index is 0.674. The van der Waals surface area contributed by atoms with Crippen molar-refractivity contribution in [3.8, 4) is 0 Å². The van der Waals surface area contributed by atoms with Gasteiger partial charge in [-0.25, -0.2) is 0 Å². The topological polar surface area (TPSA) is 68.0 Å². The van der Waals surface area contributed by atoms with Crippen molar-refractivity contribution >= 4 is 11.5 Å². The average Bonchev–Trinajstić information content (AvgIpc) is 2.85. The molecule has 0 bridgehead atoms. The van der Waals surface area contributed by atoms with Crippen molar-refractivity contribution in [3.05, 3.63) is 12.1 Å². The maximum absolute atomic E-state index is 4.29. The highest BCUT2D eigenvalue weighted by molar-refractivity contribution is 5.41. The van der Waals surface area contributed by atoms with Crippen molar-refractivity contribution in [2.75, 3.05) is 11.9 Å². The van der Waals surface area contributed by atoms with E-state index in [1.165, 1.54) is 36.7 Å². The van der Waals surface area contributed by atoms with Crippen LogP contribution in [0.2, 0.25) is 0 Å². The molecule has 90 valence electrons. The van der Waals surface area contributed by atoms with Gasteiger partial charge in [-0.05, 0) is 41.3 Å². The van der Waals surface area contributed by atoms with Crippen molar-refractivity contribution in [2.45, 2.75) is 32.1 Å². The molecule has 2 heterocycles. The van der Waals surface area contributed by atoms with E-state index in [-0.39, 0.29) is 0 Å². The molecule has 1 aliphatic carbocycles. The van der Waals surface area contributed by atoms with Crippen LogP contribution in [0.1, 0.15) is 32.1 Å². The van der Waals surface area contributed by atoms with Crippen LogP contribution in [0.4, 0.5) is 5.82 Å². The van der Waals surface area contributed by atoms with Crippen LogP contribution in [-0.2, 0) is 0 Å². The van der Waals surface area contributed by atoms with Crippen LogP contribution in [0.15, 0.2) is 12.1 Å². The molecule has 17 heavy (non-hydrogen) atoms. The molecule has 0 saturated heterocycles. The molecule has 6 heteroatoms. The number of rotatable bonds is 3. The van der Waals surface area contributed by atoms with Crippen LogP contribution in [-0.4, -0.2) is 31.8 Å². The monoisotopic (exact) mass is 232 g/mol. The first-order chi connectivity index (χ1) is 8.42. The second-order valence-electron chi connectivity index (χ2n) is 4.63. The van der Waals surface area contributed by atoms with Gasteiger partial charge in [0, 0.05) is 6.54 Å². The predicted octanol–water partition coefficient (Wildman–Crippen LogP) is 1.51. The fourth-order valence-electron chi connectivity index (χ4n) is 2.38. The fraction of sp³-hybridized carbons (Fsp3) is 0.636. The number of tetrazole rings is 1. The van der Waals surface area contributed by atoms with Crippen LogP contribution in [0.5, 0.6) is 0 Å². The van der Waals surface area contributed by atoms with E-state index < -0.39 is 0 Å². The van der Waals surface area contributed by atoms with Crippen molar-refractivity contribution in [1.29, 1.82) is 0 Å². The zero-order valence-electron chi connectivity index (χ0n) is 9.71. The Kier molecular flexibility index (Phi) is 2.85. The molecule has 1 fully saturated rings. The summed E-state index contributed by atoms with van der Waals surface area (Å²) in [5.74, 6) is 1.63. The van der Waals surface area contributed by atoms with Crippen molar-refractivity contribution in [2.24, 2.45) is 5.92 Å². The summed E-state index contributed by atoms with van der Waals surface area (Å²) in [5.41, 5.74) is 0.674. The highest BCUT2D eigenvalue weighted by atomic mass is 15.6. The van der Waals surface area contributed by atoms with Crippen LogP contribution in [0.25, 0.3) is 5.65 Å². The molecule has 1 saturated carbocycles. The molecular formula is C11H16N6. The van der Waals surface area contributed by atoms with Crippen molar-refractivity contribution < 1.29 is 0 Å². The maximum atomic E-state index is 4.29. The fourth-order valence-corrected chi connectivity index (χ4v) is 2.38. The molecule has 0 atom stereocenters. The van der Waals surface area contributed by atoms with Gasteiger partial charge in [-0.3, -0.25) is 0 Å². The van der Waals surface area contributed by atoms with Crippen LogP contribution in [0.3, 0.4) is 0 Å². The standard InChI is InChI=1S/C11H16N6/c1-2-4-9(5-3-1)8-12-10-6-7-11-13-15-16-17(11)14-10/h6-7,9H,1-5,8H2,(H,12,14). The summed E-state index contributed by atoms with van der Waals surface area (Å²) in [6.07, 6.45) is 6.79.